The highest BCUT2D eigenvalue weighted by atomic mass is 16.6. The first-order valence-electron chi connectivity index (χ1n) is 5.29. The first-order valence-corrected chi connectivity index (χ1v) is 5.29. The summed E-state index contributed by atoms with van der Waals surface area (Å²) >= 11 is 0. The highest BCUT2D eigenvalue weighted by molar-refractivity contribution is 5.93. The van der Waals surface area contributed by atoms with E-state index in [0.717, 1.165) is 0 Å². The molecule has 6 N–H and O–H groups in total. The fourth-order valence-corrected chi connectivity index (χ4v) is 1.28. The molecule has 102 valence electrons. The Labute approximate surface area is 108 Å². The summed E-state index contributed by atoms with van der Waals surface area (Å²) < 4.78 is 5.16. The first kappa shape index (κ1) is 14.2. The molecule has 9 heteroatoms. The highest BCUT2D eigenvalue weighted by Gasteiger charge is 2.15. The first-order chi connectivity index (χ1) is 8.93. The van der Waals surface area contributed by atoms with E-state index in [-0.39, 0.29) is 30.0 Å². The van der Waals surface area contributed by atoms with Crippen molar-refractivity contribution in [1.82, 2.24) is 0 Å². The van der Waals surface area contributed by atoms with Gasteiger partial charge >= 0.3 is 5.69 Å². The predicted molar refractivity (Wildman–Crippen MR) is 71.4 cm³/mol. The Bertz CT molecular complexity index is 536. The molecule has 0 saturated heterocycles. The van der Waals surface area contributed by atoms with E-state index in [4.69, 9.17) is 21.9 Å². The maximum atomic E-state index is 10.8. The van der Waals surface area contributed by atoms with Gasteiger partial charge in [0, 0.05) is 12.1 Å². The second-order valence-corrected chi connectivity index (χ2v) is 3.35. The van der Waals surface area contributed by atoms with Gasteiger partial charge < -0.3 is 21.9 Å². The molecular formula is C10H14N6O3. The zero-order valence-electron chi connectivity index (χ0n) is 10.2. The Morgan fingerprint density at radius 1 is 1.42 bits per heavy atom. The molecular weight excluding hydrogens is 252 g/mol. The third-order valence-electron chi connectivity index (χ3n) is 1.93. The minimum atomic E-state index is -0.544. The average molecular weight is 266 g/mol. The van der Waals surface area contributed by atoms with E-state index in [9.17, 15) is 10.1 Å². The van der Waals surface area contributed by atoms with Gasteiger partial charge in [0.2, 0.25) is 5.96 Å². The van der Waals surface area contributed by atoms with Gasteiger partial charge in [-0.05, 0) is 13.0 Å². The second-order valence-electron chi connectivity index (χ2n) is 3.35. The maximum absolute atomic E-state index is 10.8. The number of nitro benzene ring substituents is 1. The lowest BCUT2D eigenvalue weighted by Crippen LogP contribution is -2.26. The molecule has 1 aromatic rings. The molecule has 0 amide bonds. The van der Waals surface area contributed by atoms with Gasteiger partial charge in [-0.25, -0.2) is 4.99 Å². The molecule has 0 aliphatic rings. The lowest BCUT2D eigenvalue weighted by molar-refractivity contribution is -0.385. The summed E-state index contributed by atoms with van der Waals surface area (Å²) in [7, 11) is 0. The van der Waals surface area contributed by atoms with Crippen molar-refractivity contribution in [3.05, 3.63) is 28.3 Å². The predicted octanol–water partition coefficient (Wildman–Crippen LogP) is 0.213. The molecule has 0 aliphatic heterocycles. The quantitative estimate of drug-likeness (QED) is 0.306. The van der Waals surface area contributed by atoms with E-state index < -0.39 is 4.92 Å². The van der Waals surface area contributed by atoms with Crippen LogP contribution in [0.15, 0.2) is 28.2 Å². The molecule has 1 aromatic carbocycles. The lowest BCUT2D eigenvalue weighted by atomic mass is 10.2. The van der Waals surface area contributed by atoms with Crippen LogP contribution in [0.25, 0.3) is 0 Å². The van der Waals surface area contributed by atoms with E-state index in [2.05, 4.69) is 9.98 Å². The fraction of sp³-hybridized carbons (Fsp3) is 0.200. The van der Waals surface area contributed by atoms with Crippen LogP contribution in [0.1, 0.15) is 6.92 Å². The summed E-state index contributed by atoms with van der Waals surface area (Å²) in [5, 5.41) is 10.8. The molecule has 0 aromatic heterocycles. The number of nitrogens with two attached hydrogens (primary N) is 3. The molecule has 0 spiro atoms. The van der Waals surface area contributed by atoms with E-state index in [0.29, 0.717) is 5.69 Å². The number of hydrogen-bond donors (Lipinski definition) is 3. The van der Waals surface area contributed by atoms with Gasteiger partial charge in [0.1, 0.15) is 0 Å². The fourth-order valence-electron chi connectivity index (χ4n) is 1.28. The van der Waals surface area contributed by atoms with Crippen molar-refractivity contribution in [2.24, 2.45) is 27.2 Å². The third kappa shape index (κ3) is 4.15. The Morgan fingerprint density at radius 3 is 2.63 bits per heavy atom. The molecule has 0 radical (unpaired) electrons. The van der Waals surface area contributed by atoms with Crippen LogP contribution in [-0.2, 0) is 0 Å². The van der Waals surface area contributed by atoms with Crippen molar-refractivity contribution in [3.63, 3.8) is 0 Å². The summed E-state index contributed by atoms with van der Waals surface area (Å²) in [4.78, 5) is 17.7. The molecule has 0 atom stereocenters. The van der Waals surface area contributed by atoms with Crippen LogP contribution in [0.2, 0.25) is 0 Å². The maximum Gasteiger partial charge on any atom is 0.311 e. The van der Waals surface area contributed by atoms with Crippen LogP contribution < -0.4 is 21.9 Å². The molecule has 0 heterocycles. The molecule has 19 heavy (non-hydrogen) atoms. The molecule has 0 saturated carbocycles. The molecule has 9 nitrogen and oxygen atoms in total. The van der Waals surface area contributed by atoms with Crippen LogP contribution in [0.5, 0.6) is 5.75 Å². The number of nitrogens with zero attached hydrogens (tertiary/aromatic N) is 3. The Kier molecular flexibility index (Phi) is 4.63. The minimum absolute atomic E-state index is 0.103. The number of rotatable bonds is 4. The molecule has 0 fully saturated rings. The smallest absolute Gasteiger partial charge is 0.311 e. The summed E-state index contributed by atoms with van der Waals surface area (Å²) in [6.45, 7) is 2.00. The number of hydrogen-bond acceptors (Lipinski definition) is 4. The van der Waals surface area contributed by atoms with Crippen LogP contribution in [0.3, 0.4) is 0 Å². The minimum Gasteiger partial charge on any atom is -0.487 e. The number of aliphatic imine (C=N–C) groups is 2. The van der Waals surface area contributed by atoms with Gasteiger partial charge in [-0.15, -0.1) is 0 Å². The van der Waals surface area contributed by atoms with Gasteiger partial charge in [-0.3, -0.25) is 10.1 Å². The molecule has 0 aliphatic carbocycles. The van der Waals surface area contributed by atoms with Crippen molar-refractivity contribution in [2.75, 3.05) is 6.61 Å². The topological polar surface area (TPSA) is 155 Å². The molecule has 1 rings (SSSR count). The zero-order chi connectivity index (χ0) is 14.4. The normalized spacial score (nSPS) is 10.9. The summed E-state index contributed by atoms with van der Waals surface area (Å²) in [5.74, 6) is -0.282. The Balaban J connectivity index is 3.15. The van der Waals surface area contributed by atoms with Crippen LogP contribution in [-0.4, -0.2) is 23.4 Å². The second kappa shape index (κ2) is 6.19. The van der Waals surface area contributed by atoms with Gasteiger partial charge in [0.15, 0.2) is 11.7 Å². The monoisotopic (exact) mass is 266 g/mol. The zero-order valence-corrected chi connectivity index (χ0v) is 10.2. The van der Waals surface area contributed by atoms with Crippen LogP contribution >= 0.6 is 0 Å². The third-order valence-corrected chi connectivity index (χ3v) is 1.93. The number of nitro groups is 1. The Hall–Kier alpha value is -2.84. The standard InChI is InChI=1S/C10H14N6O3/c1-2-19-8-5-6(3-4-7(8)16(17)18)14-10(13)15-9(11)12/h3-5H,2H2,1H3,(H6,11,12,13,14,15). The van der Waals surface area contributed by atoms with Crippen molar-refractivity contribution in [1.29, 1.82) is 0 Å². The van der Waals surface area contributed by atoms with Crippen molar-refractivity contribution >= 4 is 23.3 Å². The summed E-state index contributed by atoms with van der Waals surface area (Å²) in [6, 6.07) is 4.07. The van der Waals surface area contributed by atoms with Crippen molar-refractivity contribution in [3.8, 4) is 5.75 Å². The van der Waals surface area contributed by atoms with E-state index in [1.54, 1.807) is 6.92 Å². The average Bonchev–Trinajstić information content (AvgIpc) is 2.27. The number of ether oxygens (including phenoxy) is 1. The summed E-state index contributed by atoms with van der Waals surface area (Å²) in [5.41, 5.74) is 15.9. The molecule has 0 unspecified atom stereocenters. The lowest BCUT2D eigenvalue weighted by Gasteiger charge is -2.04. The van der Waals surface area contributed by atoms with E-state index in [1.807, 2.05) is 0 Å². The van der Waals surface area contributed by atoms with Crippen LogP contribution in [0.4, 0.5) is 11.4 Å². The SMILES string of the molecule is CCOc1cc(N=C(N)N=C(N)N)ccc1[N+](=O)[O-]. The van der Waals surface area contributed by atoms with Crippen molar-refractivity contribution < 1.29 is 9.66 Å². The van der Waals surface area contributed by atoms with Gasteiger partial charge in [0.25, 0.3) is 0 Å². The van der Waals surface area contributed by atoms with E-state index >= 15 is 0 Å². The largest absolute Gasteiger partial charge is 0.487 e. The van der Waals surface area contributed by atoms with Gasteiger partial charge in [-0.1, -0.05) is 0 Å². The number of benzene rings is 1. The van der Waals surface area contributed by atoms with E-state index in [1.165, 1.54) is 18.2 Å². The highest BCUT2D eigenvalue weighted by Crippen LogP contribution is 2.31. The summed E-state index contributed by atoms with van der Waals surface area (Å²) in [6.07, 6.45) is 0. The van der Waals surface area contributed by atoms with Gasteiger partial charge in [0.05, 0.1) is 17.2 Å². The number of guanidine groups is 2. The van der Waals surface area contributed by atoms with Crippen molar-refractivity contribution in [2.45, 2.75) is 6.92 Å². The Morgan fingerprint density at radius 2 is 2.11 bits per heavy atom. The van der Waals surface area contributed by atoms with Crippen LogP contribution in [0, 0.1) is 10.1 Å². The van der Waals surface area contributed by atoms with Gasteiger partial charge in [-0.2, -0.15) is 4.99 Å². The molecule has 0 bridgehead atoms.